The van der Waals surface area contributed by atoms with Crippen LogP contribution in [0.1, 0.15) is 108 Å². The van der Waals surface area contributed by atoms with E-state index in [0.29, 0.717) is 10.8 Å². The van der Waals surface area contributed by atoms with Crippen LogP contribution in [0.5, 0.6) is 0 Å². The lowest BCUT2D eigenvalue weighted by molar-refractivity contribution is 0.183. The molecule has 2 aliphatic heterocycles. The van der Waals surface area contributed by atoms with E-state index in [4.69, 9.17) is 4.98 Å². The smallest absolute Gasteiger partial charge is 0.129 e. The highest BCUT2D eigenvalue weighted by Gasteiger charge is 2.26. The number of anilines is 1. The molecule has 1 aromatic carbocycles. The van der Waals surface area contributed by atoms with Crippen LogP contribution in [0, 0.1) is 10.8 Å². The molecule has 37 heavy (non-hydrogen) atoms. The Morgan fingerprint density at radius 2 is 1.68 bits per heavy atom. The second-order valence-electron chi connectivity index (χ2n) is 13.3. The Morgan fingerprint density at radius 1 is 0.892 bits per heavy atom. The summed E-state index contributed by atoms with van der Waals surface area (Å²) in [5.41, 5.74) is 9.15. The van der Waals surface area contributed by atoms with E-state index >= 15 is 0 Å². The lowest BCUT2D eigenvalue weighted by Crippen LogP contribution is -2.33. The highest BCUT2D eigenvalue weighted by Crippen LogP contribution is 2.34. The number of rotatable bonds is 11. The number of hydrogen-bond donors (Lipinski definition) is 1. The average molecular weight is 502 g/mol. The molecule has 0 saturated heterocycles. The number of aryl methyl sites for hydroxylation is 4. The second kappa shape index (κ2) is 12.0. The number of aromatic nitrogens is 1. The minimum absolute atomic E-state index is 0.297. The van der Waals surface area contributed by atoms with E-state index in [1.165, 1.54) is 65.7 Å². The molecule has 1 aromatic heterocycles. The van der Waals surface area contributed by atoms with Gasteiger partial charge < -0.3 is 10.2 Å². The van der Waals surface area contributed by atoms with E-state index in [-0.39, 0.29) is 0 Å². The Labute approximate surface area is 227 Å². The summed E-state index contributed by atoms with van der Waals surface area (Å²) in [5, 5.41) is 3.47. The SMILES string of the molecule is C=C1CCc2ccc(CCCc3ccc4c(n3)NCCC4)cc2CN1CC(C)(C)CCCC(C)(C)CC. The van der Waals surface area contributed by atoms with Crippen molar-refractivity contribution < 1.29 is 0 Å². The molecular formula is C34H51N3. The molecule has 0 saturated carbocycles. The molecule has 0 radical (unpaired) electrons. The summed E-state index contributed by atoms with van der Waals surface area (Å²) in [7, 11) is 0. The van der Waals surface area contributed by atoms with Gasteiger partial charge in [-0.05, 0) is 96.9 Å². The quantitative estimate of drug-likeness (QED) is 0.334. The number of benzene rings is 1. The van der Waals surface area contributed by atoms with Gasteiger partial charge in [-0.2, -0.15) is 0 Å². The van der Waals surface area contributed by atoms with Crippen molar-refractivity contribution in [1.82, 2.24) is 9.88 Å². The summed E-state index contributed by atoms with van der Waals surface area (Å²) in [6.45, 7) is 19.7. The predicted octanol–water partition coefficient (Wildman–Crippen LogP) is 8.51. The highest BCUT2D eigenvalue weighted by atomic mass is 15.1. The Hall–Kier alpha value is -2.29. The molecule has 0 unspecified atom stereocenters. The molecule has 0 fully saturated rings. The van der Waals surface area contributed by atoms with Crippen molar-refractivity contribution in [3.05, 3.63) is 70.6 Å². The summed E-state index contributed by atoms with van der Waals surface area (Å²) in [5.74, 6) is 1.12. The van der Waals surface area contributed by atoms with Crippen molar-refractivity contribution in [2.24, 2.45) is 10.8 Å². The van der Waals surface area contributed by atoms with Crippen molar-refractivity contribution >= 4 is 5.82 Å². The van der Waals surface area contributed by atoms with Crippen LogP contribution in [-0.2, 0) is 32.2 Å². The standard InChI is InChI=1S/C34H51N3/c1-7-33(3,4)20-10-21-34(5,6)25-37-24-30-23-27(15-17-28(30)16-14-26(37)2)11-8-13-31-19-18-29-12-9-22-35-32(29)36-31/h15,17-19,23H,2,7-14,16,20-22,24-25H2,1,3-6H3,(H,35,36). The first kappa shape index (κ1) is 27.7. The van der Waals surface area contributed by atoms with Crippen LogP contribution in [0.4, 0.5) is 5.82 Å². The summed E-state index contributed by atoms with van der Waals surface area (Å²) in [4.78, 5) is 7.48. The van der Waals surface area contributed by atoms with Gasteiger partial charge >= 0.3 is 0 Å². The minimum Gasteiger partial charge on any atom is -0.370 e. The van der Waals surface area contributed by atoms with Gasteiger partial charge in [0.25, 0.3) is 0 Å². The minimum atomic E-state index is 0.297. The van der Waals surface area contributed by atoms with E-state index in [1.54, 1.807) is 0 Å². The molecule has 202 valence electrons. The lowest BCUT2D eigenvalue weighted by Gasteiger charge is -2.35. The van der Waals surface area contributed by atoms with Crippen molar-refractivity contribution in [1.29, 1.82) is 0 Å². The van der Waals surface area contributed by atoms with Crippen LogP contribution >= 0.6 is 0 Å². The van der Waals surface area contributed by atoms with Gasteiger partial charge in [-0.3, -0.25) is 0 Å². The number of pyridine rings is 1. The van der Waals surface area contributed by atoms with E-state index < -0.39 is 0 Å². The third-order valence-corrected chi connectivity index (χ3v) is 8.90. The lowest BCUT2D eigenvalue weighted by atomic mass is 9.80. The number of fused-ring (bicyclic) bond motifs is 2. The molecule has 0 bridgehead atoms. The first-order chi connectivity index (χ1) is 17.6. The van der Waals surface area contributed by atoms with Crippen LogP contribution in [0.15, 0.2) is 42.6 Å². The number of allylic oxidation sites excluding steroid dienone is 1. The Balaban J connectivity index is 1.34. The normalized spacial score (nSPS) is 16.1. The average Bonchev–Trinajstić information content (AvgIpc) is 3.01. The molecule has 3 heteroatoms. The van der Waals surface area contributed by atoms with Gasteiger partial charge in [0.1, 0.15) is 5.82 Å². The van der Waals surface area contributed by atoms with Crippen LogP contribution in [0.2, 0.25) is 0 Å². The van der Waals surface area contributed by atoms with Gasteiger partial charge in [-0.15, -0.1) is 0 Å². The fraction of sp³-hybridized carbons (Fsp3) is 0.618. The second-order valence-corrected chi connectivity index (χ2v) is 13.3. The Bertz CT molecular complexity index is 1060. The third kappa shape index (κ3) is 7.85. The van der Waals surface area contributed by atoms with Crippen LogP contribution in [0.3, 0.4) is 0 Å². The third-order valence-electron chi connectivity index (χ3n) is 8.90. The highest BCUT2D eigenvalue weighted by molar-refractivity contribution is 5.47. The maximum Gasteiger partial charge on any atom is 0.129 e. The molecule has 1 N–H and O–H groups in total. The zero-order valence-electron chi connectivity index (χ0n) is 24.4. The van der Waals surface area contributed by atoms with Gasteiger partial charge in [-0.1, -0.05) is 78.3 Å². The fourth-order valence-electron chi connectivity index (χ4n) is 5.95. The summed E-state index contributed by atoms with van der Waals surface area (Å²) >= 11 is 0. The first-order valence-corrected chi connectivity index (χ1v) is 14.9. The molecular weight excluding hydrogens is 450 g/mol. The molecule has 0 aliphatic carbocycles. The maximum atomic E-state index is 4.89. The first-order valence-electron chi connectivity index (χ1n) is 14.9. The molecule has 3 heterocycles. The van der Waals surface area contributed by atoms with E-state index in [9.17, 15) is 0 Å². The largest absolute Gasteiger partial charge is 0.370 e. The van der Waals surface area contributed by atoms with E-state index in [1.807, 2.05) is 0 Å². The van der Waals surface area contributed by atoms with Gasteiger partial charge in [0.05, 0.1) is 0 Å². The molecule has 0 atom stereocenters. The Morgan fingerprint density at radius 3 is 2.49 bits per heavy atom. The van der Waals surface area contributed by atoms with Crippen molar-refractivity contribution in [3.8, 4) is 0 Å². The Kier molecular flexibility index (Phi) is 9.03. The van der Waals surface area contributed by atoms with Gasteiger partial charge in [-0.25, -0.2) is 4.98 Å². The summed E-state index contributed by atoms with van der Waals surface area (Å²) in [6, 6.07) is 11.7. The number of nitrogens with zero attached hydrogens (tertiary/aromatic N) is 2. The molecule has 2 aromatic rings. The van der Waals surface area contributed by atoms with E-state index in [0.717, 1.165) is 64.0 Å². The maximum absolute atomic E-state index is 4.89. The molecule has 4 rings (SSSR count). The molecule has 0 amide bonds. The molecule has 0 spiro atoms. The van der Waals surface area contributed by atoms with Crippen molar-refractivity contribution in [2.45, 2.75) is 112 Å². The van der Waals surface area contributed by atoms with Crippen LogP contribution in [0.25, 0.3) is 0 Å². The monoisotopic (exact) mass is 501 g/mol. The van der Waals surface area contributed by atoms with Gasteiger partial charge in [0.15, 0.2) is 0 Å². The zero-order valence-corrected chi connectivity index (χ0v) is 24.4. The zero-order chi connectivity index (χ0) is 26.5. The fourth-order valence-corrected chi connectivity index (χ4v) is 5.95. The predicted molar refractivity (Wildman–Crippen MR) is 159 cm³/mol. The number of hydrogen-bond acceptors (Lipinski definition) is 3. The van der Waals surface area contributed by atoms with Crippen molar-refractivity contribution in [3.63, 3.8) is 0 Å². The topological polar surface area (TPSA) is 28.2 Å². The summed E-state index contributed by atoms with van der Waals surface area (Å²) in [6.07, 6.45) is 13.0. The van der Waals surface area contributed by atoms with Crippen molar-refractivity contribution in [2.75, 3.05) is 18.4 Å². The van der Waals surface area contributed by atoms with Gasteiger partial charge in [0.2, 0.25) is 0 Å². The van der Waals surface area contributed by atoms with Crippen LogP contribution in [-0.4, -0.2) is 23.0 Å². The van der Waals surface area contributed by atoms with Gasteiger partial charge in [0, 0.05) is 31.0 Å². The van der Waals surface area contributed by atoms with Crippen LogP contribution < -0.4 is 5.32 Å². The molecule has 3 nitrogen and oxygen atoms in total. The van der Waals surface area contributed by atoms with E-state index in [2.05, 4.69) is 81.7 Å². The number of nitrogens with one attached hydrogen (secondary N) is 1. The summed E-state index contributed by atoms with van der Waals surface area (Å²) < 4.78 is 0. The molecule has 2 aliphatic rings.